The van der Waals surface area contributed by atoms with Gasteiger partial charge in [0.25, 0.3) is 0 Å². The lowest BCUT2D eigenvalue weighted by Crippen LogP contribution is -2.46. The van der Waals surface area contributed by atoms with Crippen molar-refractivity contribution < 1.29 is 0 Å². The quantitative estimate of drug-likeness (QED) is 0.669. The first-order valence-electron chi connectivity index (χ1n) is 6.32. The minimum atomic E-state index is 0.730. The number of hydrogen-bond donors (Lipinski definition) is 0. The van der Waals surface area contributed by atoms with E-state index in [-0.39, 0.29) is 0 Å². The molecule has 1 aliphatic rings. The van der Waals surface area contributed by atoms with Crippen molar-refractivity contribution in [2.45, 2.75) is 66.0 Å². The summed E-state index contributed by atoms with van der Waals surface area (Å²) in [7, 11) is 0. The monoisotopic (exact) mass is 197 g/mol. The topological polar surface area (TPSA) is 3.24 Å². The molecule has 1 saturated heterocycles. The van der Waals surface area contributed by atoms with E-state index < -0.39 is 0 Å². The molecule has 0 N–H and O–H groups in total. The molecule has 0 aliphatic carbocycles. The molecule has 1 heterocycles. The van der Waals surface area contributed by atoms with Crippen LogP contribution in [0, 0.1) is 11.8 Å². The van der Waals surface area contributed by atoms with Gasteiger partial charge in [0.05, 0.1) is 0 Å². The number of rotatable bonds is 3. The van der Waals surface area contributed by atoms with Crippen molar-refractivity contribution in [2.24, 2.45) is 11.8 Å². The molecule has 0 radical (unpaired) electrons. The molecule has 2 atom stereocenters. The second kappa shape index (κ2) is 5.16. The van der Waals surface area contributed by atoms with E-state index >= 15 is 0 Å². The van der Waals surface area contributed by atoms with Gasteiger partial charge in [0.15, 0.2) is 0 Å². The van der Waals surface area contributed by atoms with Crippen LogP contribution in [-0.4, -0.2) is 23.5 Å². The Hall–Kier alpha value is -0.0400. The Morgan fingerprint density at radius 2 is 1.86 bits per heavy atom. The van der Waals surface area contributed by atoms with Gasteiger partial charge in [-0.2, -0.15) is 0 Å². The molecule has 0 spiro atoms. The summed E-state index contributed by atoms with van der Waals surface area (Å²) >= 11 is 0. The van der Waals surface area contributed by atoms with Gasteiger partial charge in [0.2, 0.25) is 0 Å². The van der Waals surface area contributed by atoms with Crippen LogP contribution in [0.4, 0.5) is 0 Å². The lowest BCUT2D eigenvalue weighted by atomic mass is 9.82. The third-order valence-corrected chi connectivity index (χ3v) is 3.88. The van der Waals surface area contributed by atoms with Crippen LogP contribution in [-0.2, 0) is 0 Å². The van der Waals surface area contributed by atoms with Crippen molar-refractivity contribution in [3.8, 4) is 0 Å². The molecule has 84 valence electrons. The first kappa shape index (κ1) is 12.0. The fraction of sp³-hybridized carbons (Fsp3) is 1.00. The summed E-state index contributed by atoms with van der Waals surface area (Å²) in [5.74, 6) is 1.84. The van der Waals surface area contributed by atoms with E-state index in [0.29, 0.717) is 0 Å². The van der Waals surface area contributed by atoms with Gasteiger partial charge in [-0.25, -0.2) is 0 Å². The van der Waals surface area contributed by atoms with E-state index in [1.54, 1.807) is 0 Å². The molecular weight excluding hydrogens is 170 g/mol. The Morgan fingerprint density at radius 1 is 1.21 bits per heavy atom. The highest BCUT2D eigenvalue weighted by atomic mass is 15.2. The van der Waals surface area contributed by atoms with Gasteiger partial charge in [-0.3, -0.25) is 4.90 Å². The number of likely N-dealkylation sites (tertiary alicyclic amines) is 1. The minimum Gasteiger partial charge on any atom is -0.298 e. The number of hydrogen-bond acceptors (Lipinski definition) is 1. The highest BCUT2D eigenvalue weighted by Gasteiger charge is 2.29. The van der Waals surface area contributed by atoms with Crippen molar-refractivity contribution in [3.63, 3.8) is 0 Å². The third-order valence-electron chi connectivity index (χ3n) is 3.88. The fourth-order valence-electron chi connectivity index (χ4n) is 2.79. The van der Waals surface area contributed by atoms with Crippen LogP contribution < -0.4 is 0 Å². The van der Waals surface area contributed by atoms with E-state index in [4.69, 9.17) is 0 Å². The second-order valence-corrected chi connectivity index (χ2v) is 5.42. The minimum absolute atomic E-state index is 0.730. The van der Waals surface area contributed by atoms with Crippen LogP contribution in [0.1, 0.15) is 53.9 Å². The first-order chi connectivity index (χ1) is 6.56. The van der Waals surface area contributed by atoms with Crippen molar-refractivity contribution in [1.82, 2.24) is 4.90 Å². The molecule has 1 rings (SSSR count). The average molecular weight is 197 g/mol. The van der Waals surface area contributed by atoms with Crippen LogP contribution in [0.2, 0.25) is 0 Å². The zero-order valence-electron chi connectivity index (χ0n) is 10.6. The number of nitrogens with zero attached hydrogens (tertiary/aromatic N) is 1. The molecule has 0 aromatic carbocycles. The van der Waals surface area contributed by atoms with Gasteiger partial charge in [0.1, 0.15) is 0 Å². The fourth-order valence-corrected chi connectivity index (χ4v) is 2.79. The second-order valence-electron chi connectivity index (χ2n) is 5.42. The molecular formula is C13H27N. The van der Waals surface area contributed by atoms with Gasteiger partial charge in [0, 0.05) is 12.1 Å². The predicted octanol–water partition coefficient (Wildman–Crippen LogP) is 3.54. The summed E-state index contributed by atoms with van der Waals surface area (Å²) < 4.78 is 0. The van der Waals surface area contributed by atoms with Gasteiger partial charge in [-0.05, 0) is 51.5 Å². The Balaban J connectivity index is 2.54. The van der Waals surface area contributed by atoms with Crippen LogP contribution in [0.3, 0.4) is 0 Å². The average Bonchev–Trinajstić information content (AvgIpc) is 2.16. The number of piperidine rings is 1. The summed E-state index contributed by atoms with van der Waals surface area (Å²) in [6.45, 7) is 13.1. The Labute approximate surface area is 89.9 Å². The zero-order chi connectivity index (χ0) is 10.7. The lowest BCUT2D eigenvalue weighted by Gasteiger charge is -2.42. The van der Waals surface area contributed by atoms with Crippen LogP contribution >= 0.6 is 0 Å². The first-order valence-corrected chi connectivity index (χ1v) is 6.32. The molecule has 1 unspecified atom stereocenters. The normalized spacial score (nSPS) is 30.2. The van der Waals surface area contributed by atoms with Crippen molar-refractivity contribution in [2.75, 3.05) is 6.54 Å². The molecule has 1 heteroatoms. The Bertz CT molecular complexity index is 163. The maximum atomic E-state index is 2.69. The summed E-state index contributed by atoms with van der Waals surface area (Å²) in [6, 6.07) is 1.57. The molecule has 0 aromatic rings. The van der Waals surface area contributed by atoms with E-state index in [0.717, 1.165) is 23.9 Å². The summed E-state index contributed by atoms with van der Waals surface area (Å²) in [4.78, 5) is 2.69. The SMILES string of the molecule is CC[C@@H]1CC(C(C)C)CCN1C(C)C. The molecule has 0 saturated carbocycles. The van der Waals surface area contributed by atoms with Gasteiger partial charge >= 0.3 is 0 Å². The summed E-state index contributed by atoms with van der Waals surface area (Å²) in [5, 5.41) is 0. The zero-order valence-corrected chi connectivity index (χ0v) is 10.6. The van der Waals surface area contributed by atoms with E-state index in [1.807, 2.05) is 0 Å². The van der Waals surface area contributed by atoms with E-state index in [1.165, 1.54) is 25.8 Å². The van der Waals surface area contributed by atoms with Crippen molar-refractivity contribution >= 4 is 0 Å². The predicted molar refractivity (Wildman–Crippen MR) is 63.5 cm³/mol. The highest BCUT2D eigenvalue weighted by molar-refractivity contribution is 4.83. The smallest absolute Gasteiger partial charge is 0.00980 e. The van der Waals surface area contributed by atoms with E-state index in [2.05, 4.69) is 39.5 Å². The maximum absolute atomic E-state index is 2.69. The van der Waals surface area contributed by atoms with Crippen molar-refractivity contribution in [1.29, 1.82) is 0 Å². The Morgan fingerprint density at radius 3 is 2.29 bits per heavy atom. The molecule has 0 aromatic heterocycles. The molecule has 0 amide bonds. The molecule has 14 heavy (non-hydrogen) atoms. The molecule has 1 fully saturated rings. The highest BCUT2D eigenvalue weighted by Crippen LogP contribution is 2.30. The molecule has 0 bridgehead atoms. The maximum Gasteiger partial charge on any atom is 0.00980 e. The standard InChI is InChI=1S/C13H27N/c1-6-13-9-12(10(2)3)7-8-14(13)11(4)5/h10-13H,6-9H2,1-5H3/t12?,13-/m1/s1. The van der Waals surface area contributed by atoms with Gasteiger partial charge in [-0.1, -0.05) is 20.8 Å². The summed E-state index contributed by atoms with van der Waals surface area (Å²) in [5.41, 5.74) is 0. The van der Waals surface area contributed by atoms with E-state index in [9.17, 15) is 0 Å². The third kappa shape index (κ3) is 2.73. The summed E-state index contributed by atoms with van der Waals surface area (Å²) in [6.07, 6.45) is 4.15. The molecule has 1 aliphatic heterocycles. The lowest BCUT2D eigenvalue weighted by molar-refractivity contribution is 0.0642. The van der Waals surface area contributed by atoms with Gasteiger partial charge in [-0.15, -0.1) is 0 Å². The van der Waals surface area contributed by atoms with Crippen LogP contribution in [0.15, 0.2) is 0 Å². The Kier molecular flexibility index (Phi) is 4.43. The van der Waals surface area contributed by atoms with Crippen LogP contribution in [0.25, 0.3) is 0 Å². The van der Waals surface area contributed by atoms with Crippen LogP contribution in [0.5, 0.6) is 0 Å². The van der Waals surface area contributed by atoms with Crippen molar-refractivity contribution in [3.05, 3.63) is 0 Å². The molecule has 1 nitrogen and oxygen atoms in total. The van der Waals surface area contributed by atoms with Gasteiger partial charge < -0.3 is 0 Å². The largest absolute Gasteiger partial charge is 0.298 e.